The maximum Gasteiger partial charge on any atom is 0.0284 e. The van der Waals surface area contributed by atoms with Gasteiger partial charge in [-0.15, -0.1) is 0 Å². The van der Waals surface area contributed by atoms with Gasteiger partial charge in [0.1, 0.15) is 0 Å². The summed E-state index contributed by atoms with van der Waals surface area (Å²) < 4.78 is 1.81. The molecule has 0 radical (unpaired) electrons. The topological polar surface area (TPSA) is 17.3 Å². The average molecular weight is 150 g/mol. The van der Waals surface area contributed by atoms with E-state index in [0.29, 0.717) is 5.92 Å². The summed E-state index contributed by atoms with van der Waals surface area (Å²) >= 11 is 0. The Kier molecular flexibility index (Phi) is 2.90. The Morgan fingerprint density at radius 3 is 2.64 bits per heavy atom. The number of hydrogen-bond acceptors (Lipinski definition) is 1. The molecule has 1 atom stereocenters. The van der Waals surface area contributed by atoms with Crippen molar-refractivity contribution in [2.75, 3.05) is 0 Å². The monoisotopic (exact) mass is 150 g/mol. The van der Waals surface area contributed by atoms with Crippen molar-refractivity contribution in [2.24, 2.45) is 11.0 Å². The van der Waals surface area contributed by atoms with Gasteiger partial charge in [-0.3, -0.25) is 0 Å². The third kappa shape index (κ3) is 2.58. The summed E-state index contributed by atoms with van der Waals surface area (Å²) in [5.41, 5.74) is 0. The van der Waals surface area contributed by atoms with Gasteiger partial charge in [0.15, 0.2) is 0 Å². The van der Waals surface area contributed by atoms with Crippen molar-refractivity contribution in [3.05, 3.63) is 24.5 Å². The van der Waals surface area contributed by atoms with Crippen LogP contribution in [0.1, 0.15) is 20.3 Å². The minimum Gasteiger partial charge on any atom is -0.249 e. The Hall–Kier alpha value is -1.05. The Morgan fingerprint density at radius 2 is 2.09 bits per heavy atom. The molecule has 0 saturated heterocycles. The van der Waals surface area contributed by atoms with Crippen LogP contribution in [0.2, 0.25) is 0 Å². The van der Waals surface area contributed by atoms with E-state index in [0.717, 1.165) is 6.42 Å². The van der Waals surface area contributed by atoms with Crippen molar-refractivity contribution >= 4 is 6.21 Å². The number of aromatic nitrogens is 1. The average Bonchev–Trinajstić information content (AvgIpc) is 2.52. The molecule has 1 unspecified atom stereocenters. The minimum absolute atomic E-state index is 0.567. The van der Waals surface area contributed by atoms with Crippen LogP contribution in [0, 0.1) is 5.92 Å². The van der Waals surface area contributed by atoms with E-state index in [1.54, 1.807) is 0 Å². The van der Waals surface area contributed by atoms with Crippen molar-refractivity contribution in [3.8, 4) is 0 Å². The molecule has 0 amide bonds. The second-order valence-electron chi connectivity index (χ2n) is 2.71. The lowest BCUT2D eigenvalue weighted by molar-refractivity contribution is 0.740. The molecule has 60 valence electrons. The molecule has 0 N–H and O–H groups in total. The van der Waals surface area contributed by atoms with Gasteiger partial charge in [0.2, 0.25) is 0 Å². The van der Waals surface area contributed by atoms with E-state index >= 15 is 0 Å². The summed E-state index contributed by atoms with van der Waals surface area (Å²) in [6.07, 6.45) is 6.97. The van der Waals surface area contributed by atoms with Crippen molar-refractivity contribution in [1.29, 1.82) is 0 Å². The molecule has 2 heteroatoms. The molecule has 0 aliphatic carbocycles. The summed E-state index contributed by atoms with van der Waals surface area (Å²) in [6, 6.07) is 3.93. The molecule has 1 aromatic rings. The van der Waals surface area contributed by atoms with Crippen molar-refractivity contribution < 1.29 is 0 Å². The highest BCUT2D eigenvalue weighted by atomic mass is 15.3. The van der Waals surface area contributed by atoms with Gasteiger partial charge < -0.3 is 0 Å². The summed E-state index contributed by atoms with van der Waals surface area (Å²) in [5, 5.41) is 4.23. The standard InChI is InChI=1S/C9H14N2/c1-3-9(2)8-10-11-6-4-5-7-11/h4-9H,3H2,1-2H3/b10-8+. The van der Waals surface area contributed by atoms with E-state index in [1.807, 2.05) is 35.4 Å². The van der Waals surface area contributed by atoms with Gasteiger partial charge in [0.05, 0.1) is 0 Å². The third-order valence-corrected chi connectivity index (χ3v) is 1.69. The van der Waals surface area contributed by atoms with E-state index in [9.17, 15) is 0 Å². The normalized spacial score (nSPS) is 14.0. The largest absolute Gasteiger partial charge is 0.249 e. The molecule has 0 bridgehead atoms. The molecule has 0 saturated carbocycles. The maximum absolute atomic E-state index is 4.23. The smallest absolute Gasteiger partial charge is 0.0284 e. The van der Waals surface area contributed by atoms with Crippen LogP contribution in [0.3, 0.4) is 0 Å². The zero-order chi connectivity index (χ0) is 8.10. The highest BCUT2D eigenvalue weighted by molar-refractivity contribution is 5.59. The van der Waals surface area contributed by atoms with E-state index in [2.05, 4.69) is 18.9 Å². The quantitative estimate of drug-likeness (QED) is 0.588. The van der Waals surface area contributed by atoms with Gasteiger partial charge >= 0.3 is 0 Å². The molecule has 1 aromatic heterocycles. The van der Waals surface area contributed by atoms with E-state index in [1.165, 1.54) is 0 Å². The highest BCUT2D eigenvalue weighted by Crippen LogP contribution is 1.96. The molecule has 0 spiro atoms. The minimum atomic E-state index is 0.567. The zero-order valence-corrected chi connectivity index (χ0v) is 7.07. The molecule has 0 aliphatic heterocycles. The second kappa shape index (κ2) is 3.96. The summed E-state index contributed by atoms with van der Waals surface area (Å²) in [5.74, 6) is 0.567. The van der Waals surface area contributed by atoms with Crippen LogP contribution in [0.25, 0.3) is 0 Å². The molecular formula is C9H14N2. The highest BCUT2D eigenvalue weighted by Gasteiger charge is 1.90. The summed E-state index contributed by atoms with van der Waals surface area (Å²) in [4.78, 5) is 0. The fraction of sp³-hybridized carbons (Fsp3) is 0.444. The van der Waals surface area contributed by atoms with Gasteiger partial charge in [-0.1, -0.05) is 13.8 Å². The van der Waals surface area contributed by atoms with Gasteiger partial charge in [-0.05, 0) is 24.5 Å². The maximum atomic E-state index is 4.23. The molecule has 1 rings (SSSR count). The van der Waals surface area contributed by atoms with Crippen LogP contribution in [0.15, 0.2) is 29.6 Å². The molecule has 1 heterocycles. The fourth-order valence-electron chi connectivity index (χ4n) is 0.699. The summed E-state index contributed by atoms with van der Waals surface area (Å²) in [7, 11) is 0. The Morgan fingerprint density at radius 1 is 1.45 bits per heavy atom. The van der Waals surface area contributed by atoms with Crippen molar-refractivity contribution in [3.63, 3.8) is 0 Å². The Balaban J connectivity index is 2.48. The van der Waals surface area contributed by atoms with Crippen molar-refractivity contribution in [2.45, 2.75) is 20.3 Å². The molecule has 0 aliphatic rings. The predicted octanol–water partition coefficient (Wildman–Crippen LogP) is 2.37. The number of hydrogen-bond donors (Lipinski definition) is 0. The van der Waals surface area contributed by atoms with Gasteiger partial charge in [0, 0.05) is 18.6 Å². The second-order valence-corrected chi connectivity index (χ2v) is 2.71. The first-order chi connectivity index (χ1) is 5.33. The van der Waals surface area contributed by atoms with E-state index < -0.39 is 0 Å². The molecular weight excluding hydrogens is 136 g/mol. The van der Waals surface area contributed by atoms with Gasteiger partial charge in [-0.25, -0.2) is 4.68 Å². The SMILES string of the molecule is CCC(C)/C=N/n1cccc1. The van der Waals surface area contributed by atoms with Crippen molar-refractivity contribution in [1.82, 2.24) is 4.68 Å². The van der Waals surface area contributed by atoms with E-state index in [4.69, 9.17) is 0 Å². The van der Waals surface area contributed by atoms with Crippen LogP contribution in [0.4, 0.5) is 0 Å². The number of rotatable bonds is 3. The molecule has 0 fully saturated rings. The van der Waals surface area contributed by atoms with Crippen LogP contribution in [-0.2, 0) is 0 Å². The van der Waals surface area contributed by atoms with Crippen LogP contribution in [0.5, 0.6) is 0 Å². The predicted molar refractivity (Wildman–Crippen MR) is 47.8 cm³/mol. The third-order valence-electron chi connectivity index (χ3n) is 1.69. The van der Waals surface area contributed by atoms with Crippen LogP contribution in [-0.4, -0.2) is 10.9 Å². The Bertz CT molecular complexity index is 211. The first kappa shape index (κ1) is 8.05. The van der Waals surface area contributed by atoms with Crippen LogP contribution < -0.4 is 0 Å². The van der Waals surface area contributed by atoms with Crippen LogP contribution >= 0.6 is 0 Å². The first-order valence-corrected chi connectivity index (χ1v) is 4.00. The molecule has 11 heavy (non-hydrogen) atoms. The first-order valence-electron chi connectivity index (χ1n) is 4.00. The molecule has 2 nitrogen and oxygen atoms in total. The summed E-state index contributed by atoms with van der Waals surface area (Å²) in [6.45, 7) is 4.32. The van der Waals surface area contributed by atoms with Gasteiger partial charge in [-0.2, -0.15) is 5.10 Å². The van der Waals surface area contributed by atoms with E-state index in [-0.39, 0.29) is 0 Å². The lowest BCUT2D eigenvalue weighted by Gasteiger charge is -1.98. The number of nitrogens with zero attached hydrogens (tertiary/aromatic N) is 2. The lowest BCUT2D eigenvalue weighted by Crippen LogP contribution is -1.94. The molecule has 0 aromatic carbocycles. The van der Waals surface area contributed by atoms with Gasteiger partial charge in [0.25, 0.3) is 0 Å². The zero-order valence-electron chi connectivity index (χ0n) is 7.07. The fourth-order valence-corrected chi connectivity index (χ4v) is 0.699. The Labute approximate surface area is 67.5 Å². The lowest BCUT2D eigenvalue weighted by atomic mass is 10.1.